The maximum absolute atomic E-state index is 10.7. The van der Waals surface area contributed by atoms with Crippen molar-refractivity contribution in [2.45, 2.75) is 12.8 Å². The van der Waals surface area contributed by atoms with Crippen molar-refractivity contribution in [1.82, 2.24) is 0 Å². The average molecular weight is 218 g/mol. The number of halogens is 2. The Kier molecular flexibility index (Phi) is 3.58. The molecule has 0 aliphatic heterocycles. The third-order valence-corrected chi connectivity index (χ3v) is 1.96. The minimum absolute atomic E-state index is 0.122. The van der Waals surface area contributed by atoms with E-state index in [-0.39, 0.29) is 5.91 Å². The van der Waals surface area contributed by atoms with Gasteiger partial charge in [0.05, 0.1) is 0 Å². The smallest absolute Gasteiger partial charge is 0.221 e. The second-order valence-corrected chi connectivity index (χ2v) is 3.37. The molecule has 1 amide bonds. The van der Waals surface area contributed by atoms with Crippen LogP contribution in [0.3, 0.4) is 0 Å². The first-order valence-electron chi connectivity index (χ1n) is 3.75. The number of nitrogens with one attached hydrogen (secondary N) is 1. The van der Waals surface area contributed by atoms with Crippen LogP contribution in [0, 0.1) is 0 Å². The van der Waals surface area contributed by atoms with Gasteiger partial charge in [0.1, 0.15) is 0 Å². The van der Waals surface area contributed by atoms with E-state index in [0.717, 1.165) is 5.56 Å². The van der Waals surface area contributed by atoms with Gasteiger partial charge in [0.2, 0.25) is 5.91 Å². The van der Waals surface area contributed by atoms with Crippen molar-refractivity contribution in [1.29, 1.82) is 0 Å². The third kappa shape index (κ3) is 3.25. The van der Waals surface area contributed by atoms with Crippen LogP contribution < -0.4 is 5.32 Å². The van der Waals surface area contributed by atoms with Gasteiger partial charge in [-0.05, 0) is 23.8 Å². The average Bonchev–Trinajstić information content (AvgIpc) is 2.01. The molecular formula is C9H9Cl2NO. The zero-order chi connectivity index (χ0) is 9.84. The van der Waals surface area contributed by atoms with Gasteiger partial charge in [0, 0.05) is 23.5 Å². The highest BCUT2D eigenvalue weighted by molar-refractivity contribution is 6.31. The Morgan fingerprint density at radius 2 is 2.15 bits per heavy atom. The van der Waals surface area contributed by atoms with Gasteiger partial charge in [0.15, 0.2) is 0 Å². The van der Waals surface area contributed by atoms with Crippen molar-refractivity contribution in [2.24, 2.45) is 0 Å². The van der Waals surface area contributed by atoms with E-state index in [2.05, 4.69) is 5.32 Å². The lowest BCUT2D eigenvalue weighted by Crippen LogP contribution is -2.05. The summed E-state index contributed by atoms with van der Waals surface area (Å²) < 4.78 is 0. The van der Waals surface area contributed by atoms with E-state index in [1.165, 1.54) is 6.92 Å². The number of hydrogen-bond donors (Lipinski definition) is 1. The Hall–Kier alpha value is -0.730. The molecule has 0 aromatic heterocycles. The number of carbonyl (C=O) groups excluding carboxylic acids is 1. The number of anilines is 1. The Balaban J connectivity index is 2.94. The highest BCUT2D eigenvalue weighted by atomic mass is 35.5. The fraction of sp³-hybridized carbons (Fsp3) is 0.222. The molecule has 0 radical (unpaired) electrons. The summed E-state index contributed by atoms with van der Waals surface area (Å²) in [7, 11) is 0. The Labute approximate surface area is 86.8 Å². The molecule has 1 N–H and O–H groups in total. The summed E-state index contributed by atoms with van der Waals surface area (Å²) in [5, 5.41) is 3.21. The molecular weight excluding hydrogens is 209 g/mol. The number of amides is 1. The van der Waals surface area contributed by atoms with E-state index >= 15 is 0 Å². The first kappa shape index (κ1) is 10.4. The fourth-order valence-corrected chi connectivity index (χ4v) is 1.41. The van der Waals surface area contributed by atoms with Gasteiger partial charge >= 0.3 is 0 Å². The topological polar surface area (TPSA) is 29.1 Å². The summed E-state index contributed by atoms with van der Waals surface area (Å²) in [4.78, 5) is 10.7. The molecule has 2 nitrogen and oxygen atoms in total. The summed E-state index contributed by atoms with van der Waals surface area (Å²) in [5.41, 5.74) is 1.56. The molecule has 1 rings (SSSR count). The summed E-state index contributed by atoms with van der Waals surface area (Å²) in [5.74, 6) is 0.260. The maximum Gasteiger partial charge on any atom is 0.221 e. The SMILES string of the molecule is CC(=O)Nc1cc(Cl)cc(CCl)c1. The quantitative estimate of drug-likeness (QED) is 0.759. The van der Waals surface area contributed by atoms with Crippen LogP contribution in [0.15, 0.2) is 18.2 Å². The molecule has 0 atom stereocenters. The summed E-state index contributed by atoms with van der Waals surface area (Å²) >= 11 is 11.4. The molecule has 0 aliphatic rings. The van der Waals surface area contributed by atoms with Crippen molar-refractivity contribution in [2.75, 3.05) is 5.32 Å². The second-order valence-electron chi connectivity index (χ2n) is 2.66. The highest BCUT2D eigenvalue weighted by Crippen LogP contribution is 2.20. The van der Waals surface area contributed by atoms with Crippen molar-refractivity contribution in [3.63, 3.8) is 0 Å². The Morgan fingerprint density at radius 1 is 1.46 bits per heavy atom. The molecule has 0 saturated heterocycles. The van der Waals surface area contributed by atoms with Gasteiger partial charge in [-0.25, -0.2) is 0 Å². The van der Waals surface area contributed by atoms with E-state index in [4.69, 9.17) is 23.2 Å². The standard InChI is InChI=1S/C9H9Cl2NO/c1-6(13)12-9-3-7(5-10)2-8(11)4-9/h2-4H,5H2,1H3,(H,12,13). The first-order valence-corrected chi connectivity index (χ1v) is 4.66. The van der Waals surface area contributed by atoms with E-state index in [1.807, 2.05) is 0 Å². The van der Waals surface area contributed by atoms with Crippen LogP contribution in [0.1, 0.15) is 12.5 Å². The van der Waals surface area contributed by atoms with Crippen LogP contribution in [-0.2, 0) is 10.7 Å². The van der Waals surface area contributed by atoms with Crippen molar-refractivity contribution in [3.8, 4) is 0 Å². The van der Waals surface area contributed by atoms with Crippen molar-refractivity contribution in [3.05, 3.63) is 28.8 Å². The molecule has 1 aromatic carbocycles. The summed E-state index contributed by atoms with van der Waals surface area (Å²) in [6.07, 6.45) is 0. The maximum atomic E-state index is 10.7. The first-order chi connectivity index (χ1) is 6.11. The van der Waals surface area contributed by atoms with Crippen LogP contribution in [0.2, 0.25) is 5.02 Å². The Bertz CT molecular complexity index is 325. The van der Waals surface area contributed by atoms with Crippen LogP contribution in [0.4, 0.5) is 5.69 Å². The van der Waals surface area contributed by atoms with Crippen molar-refractivity contribution >= 4 is 34.8 Å². The molecule has 0 aliphatic carbocycles. The number of hydrogen-bond acceptors (Lipinski definition) is 1. The lowest BCUT2D eigenvalue weighted by atomic mass is 10.2. The normalized spacial score (nSPS) is 9.77. The van der Waals surface area contributed by atoms with Gasteiger partial charge < -0.3 is 5.32 Å². The van der Waals surface area contributed by atoms with Gasteiger partial charge in [-0.3, -0.25) is 4.79 Å². The lowest BCUT2D eigenvalue weighted by Gasteiger charge is -2.04. The minimum atomic E-state index is -0.122. The fourth-order valence-electron chi connectivity index (χ4n) is 1.00. The number of carbonyl (C=O) groups is 1. The van der Waals surface area contributed by atoms with Gasteiger partial charge in [-0.1, -0.05) is 11.6 Å². The van der Waals surface area contributed by atoms with Gasteiger partial charge in [-0.2, -0.15) is 0 Å². The minimum Gasteiger partial charge on any atom is -0.326 e. The van der Waals surface area contributed by atoms with E-state index < -0.39 is 0 Å². The Morgan fingerprint density at radius 3 is 2.69 bits per heavy atom. The van der Waals surface area contributed by atoms with E-state index in [1.54, 1.807) is 18.2 Å². The van der Waals surface area contributed by atoms with Gasteiger partial charge in [-0.15, -0.1) is 11.6 Å². The van der Waals surface area contributed by atoms with E-state index in [9.17, 15) is 4.79 Å². The summed E-state index contributed by atoms with van der Waals surface area (Å²) in [6.45, 7) is 1.45. The van der Waals surface area contributed by atoms with Crippen LogP contribution in [-0.4, -0.2) is 5.91 Å². The molecule has 1 aromatic rings. The number of rotatable bonds is 2. The van der Waals surface area contributed by atoms with Crippen LogP contribution in [0.5, 0.6) is 0 Å². The number of alkyl halides is 1. The predicted molar refractivity (Wildman–Crippen MR) is 55.3 cm³/mol. The number of benzene rings is 1. The zero-order valence-electron chi connectivity index (χ0n) is 7.10. The third-order valence-electron chi connectivity index (χ3n) is 1.43. The molecule has 0 unspecified atom stereocenters. The molecule has 0 spiro atoms. The highest BCUT2D eigenvalue weighted by Gasteiger charge is 2.00. The summed E-state index contributed by atoms with van der Waals surface area (Å²) in [6, 6.07) is 5.24. The second kappa shape index (κ2) is 4.49. The molecule has 70 valence electrons. The van der Waals surface area contributed by atoms with Crippen LogP contribution >= 0.6 is 23.2 Å². The zero-order valence-corrected chi connectivity index (χ0v) is 8.62. The molecule has 0 bridgehead atoms. The molecule has 4 heteroatoms. The molecule has 0 heterocycles. The monoisotopic (exact) mass is 217 g/mol. The molecule has 13 heavy (non-hydrogen) atoms. The van der Waals surface area contributed by atoms with Gasteiger partial charge in [0.25, 0.3) is 0 Å². The van der Waals surface area contributed by atoms with Crippen LogP contribution in [0.25, 0.3) is 0 Å². The lowest BCUT2D eigenvalue weighted by molar-refractivity contribution is -0.114. The largest absolute Gasteiger partial charge is 0.326 e. The van der Waals surface area contributed by atoms with E-state index in [0.29, 0.717) is 16.6 Å². The van der Waals surface area contributed by atoms with Crippen molar-refractivity contribution < 1.29 is 4.79 Å². The molecule has 0 fully saturated rings. The molecule has 0 saturated carbocycles. The predicted octanol–water partition coefficient (Wildman–Crippen LogP) is 3.04.